The van der Waals surface area contributed by atoms with Gasteiger partial charge in [-0.1, -0.05) is 0 Å². The fourth-order valence-corrected chi connectivity index (χ4v) is 2.96. The Bertz CT molecular complexity index is 642. The lowest BCUT2D eigenvalue weighted by Gasteiger charge is -2.08. The van der Waals surface area contributed by atoms with Gasteiger partial charge in [0.15, 0.2) is 0 Å². The molecule has 0 saturated carbocycles. The molecule has 0 aliphatic rings. The van der Waals surface area contributed by atoms with Crippen molar-refractivity contribution in [1.29, 1.82) is 0 Å². The topological polar surface area (TPSA) is 34.9 Å². The summed E-state index contributed by atoms with van der Waals surface area (Å²) in [5.74, 6) is 1.75. The molecule has 0 aliphatic carbocycles. The highest BCUT2D eigenvalue weighted by Crippen LogP contribution is 2.21. The molecule has 0 N–H and O–H groups in total. The Morgan fingerprint density at radius 1 is 1.45 bits per heavy atom. The van der Waals surface area contributed by atoms with Crippen molar-refractivity contribution in [2.45, 2.75) is 26.3 Å². The largest absolute Gasteiger partial charge is 0.328 e. The van der Waals surface area contributed by atoms with E-state index in [1.54, 1.807) is 13.2 Å². The molecular formula is C14H18ClFN2OS. The fourth-order valence-electron chi connectivity index (χ4n) is 2.25. The molecule has 0 saturated heterocycles. The molecule has 0 amide bonds. The van der Waals surface area contributed by atoms with Crippen molar-refractivity contribution in [1.82, 2.24) is 9.55 Å². The zero-order chi connectivity index (χ0) is 14.7. The Balaban J connectivity index is 2.39. The number of benzene rings is 1. The van der Waals surface area contributed by atoms with E-state index >= 15 is 0 Å². The number of fused-ring (bicyclic) bond motifs is 1. The van der Waals surface area contributed by atoms with Crippen LogP contribution in [0.4, 0.5) is 4.39 Å². The van der Waals surface area contributed by atoms with Gasteiger partial charge in [0.05, 0.1) is 11.0 Å². The van der Waals surface area contributed by atoms with Gasteiger partial charge in [-0.2, -0.15) is 0 Å². The normalized spacial score (nSPS) is 13.0. The van der Waals surface area contributed by atoms with Gasteiger partial charge in [0.25, 0.3) is 0 Å². The van der Waals surface area contributed by atoms with E-state index in [9.17, 15) is 8.60 Å². The smallest absolute Gasteiger partial charge is 0.128 e. The maximum absolute atomic E-state index is 13.6. The van der Waals surface area contributed by atoms with E-state index in [1.165, 1.54) is 6.07 Å². The van der Waals surface area contributed by atoms with Crippen LogP contribution in [-0.2, 0) is 23.8 Å². The molecule has 1 atom stereocenters. The monoisotopic (exact) mass is 316 g/mol. The van der Waals surface area contributed by atoms with E-state index in [-0.39, 0.29) is 5.82 Å². The van der Waals surface area contributed by atoms with Crippen LogP contribution in [0.15, 0.2) is 12.1 Å². The molecule has 0 radical (unpaired) electrons. The maximum Gasteiger partial charge on any atom is 0.128 e. The van der Waals surface area contributed by atoms with Crippen molar-refractivity contribution in [3.63, 3.8) is 0 Å². The van der Waals surface area contributed by atoms with Crippen molar-refractivity contribution < 1.29 is 8.60 Å². The third kappa shape index (κ3) is 3.38. The van der Waals surface area contributed by atoms with Crippen molar-refractivity contribution in [2.24, 2.45) is 0 Å². The summed E-state index contributed by atoms with van der Waals surface area (Å²) >= 11 is 5.81. The standard InChI is InChI=1S/C14H18ClFN2OS/c1-10-8-13-12(9-11(10)16)17-14(4-5-15)18(13)6-3-7-20(2)19/h8-9H,3-7H2,1-2H3. The molecule has 3 nitrogen and oxygen atoms in total. The molecule has 1 aromatic carbocycles. The molecule has 110 valence electrons. The van der Waals surface area contributed by atoms with Crippen molar-refractivity contribution >= 4 is 33.4 Å². The minimum absolute atomic E-state index is 0.241. The average molecular weight is 317 g/mol. The average Bonchev–Trinajstić information content (AvgIpc) is 2.68. The number of hydrogen-bond donors (Lipinski definition) is 0. The van der Waals surface area contributed by atoms with Crippen LogP contribution in [-0.4, -0.2) is 31.6 Å². The number of aromatic nitrogens is 2. The maximum atomic E-state index is 13.6. The van der Waals surface area contributed by atoms with Crippen LogP contribution in [0, 0.1) is 12.7 Å². The first-order chi connectivity index (χ1) is 9.52. The number of alkyl halides is 1. The van der Waals surface area contributed by atoms with Gasteiger partial charge in [-0.05, 0) is 25.0 Å². The highest BCUT2D eigenvalue weighted by atomic mass is 35.5. The molecule has 0 fully saturated rings. The molecule has 1 aromatic heterocycles. The summed E-state index contributed by atoms with van der Waals surface area (Å²) in [6.07, 6.45) is 3.15. The molecule has 0 spiro atoms. The number of halogens is 2. The zero-order valence-electron chi connectivity index (χ0n) is 11.7. The summed E-state index contributed by atoms with van der Waals surface area (Å²) in [5, 5.41) is 0. The second kappa shape index (κ2) is 6.68. The van der Waals surface area contributed by atoms with E-state index in [0.717, 1.165) is 24.3 Å². The minimum Gasteiger partial charge on any atom is -0.328 e. The predicted octanol–water partition coefficient (Wildman–Crippen LogP) is 3.03. The van der Waals surface area contributed by atoms with Gasteiger partial charge in [0.2, 0.25) is 0 Å². The van der Waals surface area contributed by atoms with Crippen LogP contribution in [0.1, 0.15) is 17.8 Å². The van der Waals surface area contributed by atoms with Gasteiger partial charge in [0.1, 0.15) is 11.6 Å². The Kier molecular flexibility index (Phi) is 5.16. The predicted molar refractivity (Wildman–Crippen MR) is 82.4 cm³/mol. The molecular weight excluding hydrogens is 299 g/mol. The van der Waals surface area contributed by atoms with Crippen molar-refractivity contribution in [3.05, 3.63) is 29.3 Å². The van der Waals surface area contributed by atoms with Crippen LogP contribution in [0.25, 0.3) is 11.0 Å². The highest BCUT2D eigenvalue weighted by Gasteiger charge is 2.12. The van der Waals surface area contributed by atoms with E-state index in [1.807, 2.05) is 6.07 Å². The Morgan fingerprint density at radius 3 is 2.85 bits per heavy atom. The summed E-state index contributed by atoms with van der Waals surface area (Å²) < 4.78 is 26.8. The lowest BCUT2D eigenvalue weighted by molar-refractivity contribution is 0.619. The SMILES string of the molecule is Cc1cc2c(cc1F)nc(CCCl)n2CCCS(C)=O. The fraction of sp³-hybridized carbons (Fsp3) is 0.500. The molecule has 0 bridgehead atoms. The van der Waals surface area contributed by atoms with E-state index < -0.39 is 10.8 Å². The van der Waals surface area contributed by atoms with Gasteiger partial charge >= 0.3 is 0 Å². The highest BCUT2D eigenvalue weighted by molar-refractivity contribution is 7.84. The second-order valence-corrected chi connectivity index (χ2v) is 6.77. The van der Waals surface area contributed by atoms with Gasteiger partial charge < -0.3 is 4.57 Å². The quantitative estimate of drug-likeness (QED) is 0.768. The number of nitrogens with zero attached hydrogens (tertiary/aromatic N) is 2. The summed E-state index contributed by atoms with van der Waals surface area (Å²) in [6.45, 7) is 2.47. The van der Waals surface area contributed by atoms with Crippen LogP contribution >= 0.6 is 11.6 Å². The Hall–Kier alpha value is -0.940. The first-order valence-electron chi connectivity index (χ1n) is 6.54. The first kappa shape index (κ1) is 15.4. The second-order valence-electron chi connectivity index (χ2n) is 4.84. The molecule has 6 heteroatoms. The minimum atomic E-state index is -0.799. The summed E-state index contributed by atoms with van der Waals surface area (Å²) in [4.78, 5) is 4.46. The molecule has 20 heavy (non-hydrogen) atoms. The zero-order valence-corrected chi connectivity index (χ0v) is 13.2. The van der Waals surface area contributed by atoms with E-state index in [0.29, 0.717) is 29.1 Å². The van der Waals surface area contributed by atoms with Crippen LogP contribution in [0.3, 0.4) is 0 Å². The van der Waals surface area contributed by atoms with Gasteiger partial charge in [-0.3, -0.25) is 4.21 Å². The van der Waals surface area contributed by atoms with Gasteiger partial charge in [-0.15, -0.1) is 11.6 Å². The van der Waals surface area contributed by atoms with Crippen LogP contribution < -0.4 is 0 Å². The molecule has 1 unspecified atom stereocenters. The summed E-state index contributed by atoms with van der Waals surface area (Å²) in [5.41, 5.74) is 2.19. The lowest BCUT2D eigenvalue weighted by Crippen LogP contribution is -2.07. The summed E-state index contributed by atoms with van der Waals surface area (Å²) in [6, 6.07) is 3.29. The van der Waals surface area contributed by atoms with E-state index in [4.69, 9.17) is 11.6 Å². The number of imidazole rings is 1. The molecule has 2 aromatic rings. The van der Waals surface area contributed by atoms with Crippen molar-refractivity contribution in [3.8, 4) is 0 Å². The molecule has 0 aliphatic heterocycles. The van der Waals surface area contributed by atoms with Crippen LogP contribution in [0.2, 0.25) is 0 Å². The number of rotatable bonds is 6. The molecule has 1 heterocycles. The third-order valence-corrected chi connectivity index (χ3v) is 4.29. The third-order valence-electron chi connectivity index (χ3n) is 3.24. The van der Waals surface area contributed by atoms with Crippen LogP contribution in [0.5, 0.6) is 0 Å². The van der Waals surface area contributed by atoms with Gasteiger partial charge in [0, 0.05) is 47.7 Å². The number of aryl methyl sites for hydroxylation is 3. The Morgan fingerprint density at radius 2 is 2.20 bits per heavy atom. The van der Waals surface area contributed by atoms with Crippen molar-refractivity contribution in [2.75, 3.05) is 17.9 Å². The number of hydrogen-bond acceptors (Lipinski definition) is 2. The summed E-state index contributed by atoms with van der Waals surface area (Å²) in [7, 11) is -0.799. The van der Waals surface area contributed by atoms with E-state index in [2.05, 4.69) is 9.55 Å². The lowest BCUT2D eigenvalue weighted by atomic mass is 10.2. The van der Waals surface area contributed by atoms with Gasteiger partial charge in [-0.25, -0.2) is 9.37 Å². The molecule has 2 rings (SSSR count). The first-order valence-corrected chi connectivity index (χ1v) is 8.80. The Labute approximate surface area is 125 Å².